The maximum absolute atomic E-state index is 4.28. The summed E-state index contributed by atoms with van der Waals surface area (Å²) in [6.07, 6.45) is 6.45. The molecule has 72 valence electrons. The van der Waals surface area contributed by atoms with E-state index in [1.165, 1.54) is 6.33 Å². The van der Waals surface area contributed by atoms with Crippen LogP contribution in [0.15, 0.2) is 25.0 Å². The fourth-order valence-corrected chi connectivity index (χ4v) is 1.24. The summed E-state index contributed by atoms with van der Waals surface area (Å²) in [5.41, 5.74) is 0.929. The Labute approximate surface area is 81.8 Å². The van der Waals surface area contributed by atoms with Crippen molar-refractivity contribution >= 4 is 0 Å². The van der Waals surface area contributed by atoms with Crippen LogP contribution in [-0.2, 0) is 0 Å². The molecule has 0 aliphatic heterocycles. The summed E-state index contributed by atoms with van der Waals surface area (Å²) in [6, 6.07) is 0. The molecule has 0 amide bonds. The molecule has 0 saturated heterocycles. The molecule has 0 N–H and O–H groups in total. The monoisotopic (exact) mass is 189 g/mol. The summed E-state index contributed by atoms with van der Waals surface area (Å²) in [6.45, 7) is 4.15. The van der Waals surface area contributed by atoms with Crippen LogP contribution in [0.1, 0.15) is 25.5 Å². The number of rotatable bonds is 2. The van der Waals surface area contributed by atoms with Crippen LogP contribution in [0.5, 0.6) is 0 Å². The van der Waals surface area contributed by atoms with Gasteiger partial charge in [-0.3, -0.25) is 4.98 Å². The van der Waals surface area contributed by atoms with Gasteiger partial charge in [0, 0.05) is 12.4 Å². The minimum atomic E-state index is 0.322. The zero-order chi connectivity index (χ0) is 9.97. The lowest BCUT2D eigenvalue weighted by Gasteiger charge is -2.08. The van der Waals surface area contributed by atoms with Gasteiger partial charge in [-0.2, -0.15) is 5.10 Å². The molecule has 0 unspecified atom stereocenters. The van der Waals surface area contributed by atoms with Gasteiger partial charge in [-0.05, 0) is 5.92 Å². The van der Waals surface area contributed by atoms with Crippen molar-refractivity contribution in [2.24, 2.45) is 0 Å². The first-order valence-electron chi connectivity index (χ1n) is 4.45. The molecule has 0 spiro atoms. The Morgan fingerprint density at radius 2 is 2.00 bits per heavy atom. The summed E-state index contributed by atoms with van der Waals surface area (Å²) >= 11 is 0. The minimum absolute atomic E-state index is 0.322. The third kappa shape index (κ3) is 1.48. The van der Waals surface area contributed by atoms with Gasteiger partial charge in [-0.1, -0.05) is 13.8 Å². The Hall–Kier alpha value is -1.78. The fraction of sp³-hybridized carbons (Fsp3) is 0.333. The van der Waals surface area contributed by atoms with E-state index in [4.69, 9.17) is 0 Å². The van der Waals surface area contributed by atoms with E-state index >= 15 is 0 Å². The van der Waals surface area contributed by atoms with E-state index in [1.54, 1.807) is 23.4 Å². The predicted molar refractivity (Wildman–Crippen MR) is 51.0 cm³/mol. The first-order valence-corrected chi connectivity index (χ1v) is 4.45. The third-order valence-corrected chi connectivity index (χ3v) is 1.89. The highest BCUT2D eigenvalue weighted by Gasteiger charge is 2.10. The first kappa shape index (κ1) is 8.80. The Kier molecular flexibility index (Phi) is 2.22. The van der Waals surface area contributed by atoms with E-state index in [0.717, 1.165) is 11.5 Å². The molecular formula is C9H11N5. The average Bonchev–Trinajstić information content (AvgIpc) is 2.70. The van der Waals surface area contributed by atoms with E-state index in [-0.39, 0.29) is 0 Å². The van der Waals surface area contributed by atoms with Crippen LogP contribution in [0, 0.1) is 0 Å². The van der Waals surface area contributed by atoms with Crippen molar-refractivity contribution in [2.75, 3.05) is 0 Å². The third-order valence-electron chi connectivity index (χ3n) is 1.89. The minimum Gasteiger partial charge on any atom is -0.255 e. The second-order valence-corrected chi connectivity index (χ2v) is 3.26. The number of nitrogens with zero attached hydrogens (tertiary/aromatic N) is 5. The summed E-state index contributed by atoms with van der Waals surface area (Å²) in [7, 11) is 0. The smallest absolute Gasteiger partial charge is 0.177 e. The van der Waals surface area contributed by atoms with Gasteiger partial charge in [-0.25, -0.2) is 14.6 Å². The Balaban J connectivity index is 2.53. The summed E-state index contributed by atoms with van der Waals surface area (Å²) < 4.78 is 1.63. The van der Waals surface area contributed by atoms with Gasteiger partial charge in [0.1, 0.15) is 12.7 Å². The van der Waals surface area contributed by atoms with E-state index < -0.39 is 0 Å². The first-order chi connectivity index (χ1) is 6.79. The summed E-state index contributed by atoms with van der Waals surface area (Å²) in [5, 5.41) is 4.03. The molecule has 2 aromatic rings. The Bertz CT molecular complexity index is 407. The molecule has 0 saturated carbocycles. The lowest BCUT2D eigenvalue weighted by Crippen LogP contribution is -2.06. The molecule has 2 aromatic heterocycles. The van der Waals surface area contributed by atoms with Gasteiger partial charge in [0.05, 0.1) is 5.69 Å². The maximum Gasteiger partial charge on any atom is 0.177 e. The van der Waals surface area contributed by atoms with Gasteiger partial charge < -0.3 is 0 Å². The Morgan fingerprint density at radius 1 is 1.21 bits per heavy atom. The van der Waals surface area contributed by atoms with Crippen LogP contribution in [-0.4, -0.2) is 24.7 Å². The van der Waals surface area contributed by atoms with Crippen molar-refractivity contribution in [2.45, 2.75) is 19.8 Å². The van der Waals surface area contributed by atoms with Crippen molar-refractivity contribution < 1.29 is 0 Å². The van der Waals surface area contributed by atoms with Crippen LogP contribution in [0.3, 0.4) is 0 Å². The van der Waals surface area contributed by atoms with Crippen molar-refractivity contribution in [3.63, 3.8) is 0 Å². The molecule has 2 heterocycles. The van der Waals surface area contributed by atoms with Crippen molar-refractivity contribution in [1.29, 1.82) is 0 Å². The molecule has 5 heteroatoms. The highest BCUT2D eigenvalue weighted by atomic mass is 15.3. The van der Waals surface area contributed by atoms with E-state index in [9.17, 15) is 0 Å². The SMILES string of the molecule is CC(C)c1nccnc1-n1cncn1. The second kappa shape index (κ2) is 3.53. The molecule has 2 rings (SSSR count). The highest BCUT2D eigenvalue weighted by molar-refractivity contribution is 5.28. The van der Waals surface area contributed by atoms with Gasteiger partial charge in [0.25, 0.3) is 0 Å². The Morgan fingerprint density at radius 3 is 2.64 bits per heavy atom. The van der Waals surface area contributed by atoms with Gasteiger partial charge in [0.15, 0.2) is 5.82 Å². The van der Waals surface area contributed by atoms with Crippen molar-refractivity contribution in [1.82, 2.24) is 24.7 Å². The topological polar surface area (TPSA) is 56.5 Å². The van der Waals surface area contributed by atoms with Gasteiger partial charge in [0.2, 0.25) is 0 Å². The fourth-order valence-electron chi connectivity index (χ4n) is 1.24. The molecule has 0 aliphatic carbocycles. The zero-order valence-corrected chi connectivity index (χ0v) is 8.12. The molecule has 0 atom stereocenters. The quantitative estimate of drug-likeness (QED) is 0.711. The number of aromatic nitrogens is 5. The predicted octanol–water partition coefficient (Wildman–Crippen LogP) is 1.18. The van der Waals surface area contributed by atoms with E-state index in [1.807, 2.05) is 0 Å². The molecule has 0 aliphatic rings. The van der Waals surface area contributed by atoms with Crippen molar-refractivity contribution in [3.8, 4) is 5.82 Å². The van der Waals surface area contributed by atoms with E-state index in [0.29, 0.717) is 5.92 Å². The summed E-state index contributed by atoms with van der Waals surface area (Å²) in [4.78, 5) is 12.4. The maximum atomic E-state index is 4.28. The molecule has 14 heavy (non-hydrogen) atoms. The lowest BCUT2D eigenvalue weighted by atomic mass is 10.1. The van der Waals surface area contributed by atoms with Crippen LogP contribution in [0.25, 0.3) is 5.82 Å². The van der Waals surface area contributed by atoms with Crippen molar-refractivity contribution in [3.05, 3.63) is 30.7 Å². The van der Waals surface area contributed by atoms with Crippen LogP contribution >= 0.6 is 0 Å². The molecule has 0 aromatic carbocycles. The summed E-state index contributed by atoms with van der Waals surface area (Å²) in [5.74, 6) is 1.07. The highest BCUT2D eigenvalue weighted by Crippen LogP contribution is 2.16. The normalized spacial score (nSPS) is 10.8. The van der Waals surface area contributed by atoms with Crippen LogP contribution < -0.4 is 0 Å². The number of hydrogen-bond donors (Lipinski definition) is 0. The van der Waals surface area contributed by atoms with E-state index in [2.05, 4.69) is 33.9 Å². The number of hydrogen-bond acceptors (Lipinski definition) is 4. The average molecular weight is 189 g/mol. The molecule has 5 nitrogen and oxygen atoms in total. The van der Waals surface area contributed by atoms with Crippen LogP contribution in [0.2, 0.25) is 0 Å². The lowest BCUT2D eigenvalue weighted by molar-refractivity contribution is 0.750. The molecule has 0 bridgehead atoms. The standard InChI is InChI=1S/C9H11N5/c1-7(2)8-9(12-4-3-11-8)14-6-10-5-13-14/h3-7H,1-2H3. The molecular weight excluding hydrogens is 178 g/mol. The van der Waals surface area contributed by atoms with Crippen LogP contribution in [0.4, 0.5) is 0 Å². The largest absolute Gasteiger partial charge is 0.255 e. The molecule has 0 fully saturated rings. The second-order valence-electron chi connectivity index (χ2n) is 3.26. The zero-order valence-electron chi connectivity index (χ0n) is 8.12. The van der Waals surface area contributed by atoms with Gasteiger partial charge >= 0.3 is 0 Å². The molecule has 0 radical (unpaired) electrons. The van der Waals surface area contributed by atoms with Gasteiger partial charge in [-0.15, -0.1) is 0 Å².